The van der Waals surface area contributed by atoms with E-state index in [-0.39, 0.29) is 0 Å². The lowest BCUT2D eigenvalue weighted by atomic mass is 9.71. The normalized spacial score (nSPS) is 23.9. The first-order valence-electron chi connectivity index (χ1n) is 8.56. The lowest BCUT2D eigenvalue weighted by molar-refractivity contribution is 0.111. The van der Waals surface area contributed by atoms with Crippen LogP contribution in [0.5, 0.6) is 0 Å². The molecule has 2 aliphatic carbocycles. The van der Waals surface area contributed by atoms with Gasteiger partial charge >= 0.3 is 0 Å². The van der Waals surface area contributed by atoms with Crippen LogP contribution < -0.4 is 0 Å². The van der Waals surface area contributed by atoms with Crippen LogP contribution in [0, 0.1) is 11.3 Å². The first kappa shape index (κ1) is 14.8. The number of hydrogen-bond donors (Lipinski definition) is 0. The molecule has 0 radical (unpaired) electrons. The highest BCUT2D eigenvalue weighted by atomic mass is 16.1. The summed E-state index contributed by atoms with van der Waals surface area (Å²) in [5.41, 5.74) is 3.64. The molecule has 0 aliphatic heterocycles. The molecule has 1 atom stereocenters. The molecule has 0 amide bonds. The molecule has 3 heteroatoms. The Labute approximate surface area is 128 Å². The van der Waals surface area contributed by atoms with E-state index in [1.54, 1.807) is 0 Å². The maximum atomic E-state index is 11.5. The Kier molecular flexibility index (Phi) is 3.94. The highest BCUT2D eigenvalue weighted by Crippen LogP contribution is 2.40. The molecule has 1 fully saturated rings. The SMILES string of the molecule is CC(C)(C)C1CCc2c(c(C=O)nn2C2CCCCC2)C1. The lowest BCUT2D eigenvalue weighted by Gasteiger charge is -2.34. The number of fused-ring (bicyclic) bond motifs is 1. The van der Waals surface area contributed by atoms with Gasteiger partial charge in [0.25, 0.3) is 0 Å². The van der Waals surface area contributed by atoms with Crippen molar-refractivity contribution in [2.75, 3.05) is 0 Å². The van der Waals surface area contributed by atoms with Gasteiger partial charge in [0.1, 0.15) is 5.69 Å². The summed E-state index contributed by atoms with van der Waals surface area (Å²) in [5.74, 6) is 0.660. The maximum absolute atomic E-state index is 11.5. The molecule has 116 valence electrons. The minimum Gasteiger partial charge on any atom is -0.296 e. The monoisotopic (exact) mass is 288 g/mol. The quantitative estimate of drug-likeness (QED) is 0.758. The Balaban J connectivity index is 1.92. The fourth-order valence-corrected chi connectivity index (χ4v) is 4.13. The van der Waals surface area contributed by atoms with E-state index in [1.807, 2.05) is 0 Å². The number of hydrogen-bond acceptors (Lipinski definition) is 2. The predicted molar refractivity (Wildman–Crippen MR) is 84.7 cm³/mol. The average Bonchev–Trinajstić information content (AvgIpc) is 2.85. The smallest absolute Gasteiger partial charge is 0.170 e. The number of carbonyl (C=O) groups excluding carboxylic acids is 1. The summed E-state index contributed by atoms with van der Waals surface area (Å²) in [5, 5.41) is 4.70. The third kappa shape index (κ3) is 2.79. The number of nitrogens with zero attached hydrogens (tertiary/aromatic N) is 2. The van der Waals surface area contributed by atoms with Gasteiger partial charge in [0, 0.05) is 11.3 Å². The lowest BCUT2D eigenvalue weighted by Crippen LogP contribution is -2.28. The van der Waals surface area contributed by atoms with Crippen molar-refractivity contribution in [2.45, 2.75) is 78.2 Å². The zero-order valence-corrected chi connectivity index (χ0v) is 13.7. The molecule has 1 unspecified atom stereocenters. The summed E-state index contributed by atoms with van der Waals surface area (Å²) in [6.07, 6.45) is 10.8. The first-order chi connectivity index (χ1) is 10.0. The number of aromatic nitrogens is 2. The zero-order valence-electron chi connectivity index (χ0n) is 13.7. The molecular formula is C18H28N2O. The predicted octanol–water partition coefficient (Wildman–Crippen LogP) is 4.35. The Bertz CT molecular complexity index is 518. The molecule has 0 bridgehead atoms. The Hall–Kier alpha value is -1.12. The van der Waals surface area contributed by atoms with E-state index in [1.165, 1.54) is 49.8 Å². The Morgan fingerprint density at radius 2 is 1.86 bits per heavy atom. The van der Waals surface area contributed by atoms with Gasteiger partial charge in [-0.1, -0.05) is 40.0 Å². The van der Waals surface area contributed by atoms with Crippen LogP contribution in [-0.4, -0.2) is 16.1 Å². The molecule has 21 heavy (non-hydrogen) atoms. The van der Waals surface area contributed by atoms with Crippen molar-refractivity contribution in [3.05, 3.63) is 17.0 Å². The summed E-state index contributed by atoms with van der Waals surface area (Å²) >= 11 is 0. The third-order valence-corrected chi connectivity index (χ3v) is 5.59. The van der Waals surface area contributed by atoms with E-state index in [9.17, 15) is 4.79 Å². The second-order valence-corrected chi connectivity index (χ2v) is 7.97. The number of aldehydes is 1. The molecule has 1 heterocycles. The number of rotatable bonds is 2. The third-order valence-electron chi connectivity index (χ3n) is 5.59. The van der Waals surface area contributed by atoms with Crippen LogP contribution in [0.2, 0.25) is 0 Å². The molecule has 1 saturated carbocycles. The van der Waals surface area contributed by atoms with Gasteiger partial charge in [-0.05, 0) is 43.4 Å². The van der Waals surface area contributed by atoms with Crippen molar-refractivity contribution >= 4 is 6.29 Å². The highest BCUT2D eigenvalue weighted by Gasteiger charge is 2.33. The fourth-order valence-electron chi connectivity index (χ4n) is 4.13. The molecule has 0 N–H and O–H groups in total. The van der Waals surface area contributed by atoms with E-state index in [4.69, 9.17) is 5.10 Å². The zero-order chi connectivity index (χ0) is 15.0. The molecule has 0 saturated heterocycles. The van der Waals surface area contributed by atoms with Crippen molar-refractivity contribution in [3.8, 4) is 0 Å². The summed E-state index contributed by atoms with van der Waals surface area (Å²) in [7, 11) is 0. The van der Waals surface area contributed by atoms with E-state index in [0.29, 0.717) is 23.1 Å². The molecule has 1 aromatic heterocycles. The van der Waals surface area contributed by atoms with E-state index < -0.39 is 0 Å². The summed E-state index contributed by atoms with van der Waals surface area (Å²) in [4.78, 5) is 11.5. The highest BCUT2D eigenvalue weighted by molar-refractivity contribution is 5.75. The first-order valence-corrected chi connectivity index (χ1v) is 8.56. The molecule has 3 rings (SSSR count). The van der Waals surface area contributed by atoms with Gasteiger partial charge < -0.3 is 0 Å². The molecule has 1 aromatic rings. The summed E-state index contributed by atoms with van der Waals surface area (Å²) < 4.78 is 2.23. The largest absolute Gasteiger partial charge is 0.296 e. The van der Waals surface area contributed by atoms with E-state index >= 15 is 0 Å². The van der Waals surface area contributed by atoms with Crippen LogP contribution in [0.4, 0.5) is 0 Å². The van der Waals surface area contributed by atoms with E-state index in [0.717, 1.165) is 19.1 Å². The standard InChI is InChI=1S/C18H28N2O/c1-18(2,3)13-9-10-17-15(11-13)16(12-21)19-20(17)14-7-5-4-6-8-14/h12-14H,4-11H2,1-3H3. The van der Waals surface area contributed by atoms with Crippen molar-refractivity contribution < 1.29 is 4.79 Å². The molecular weight excluding hydrogens is 260 g/mol. The van der Waals surface area contributed by atoms with Crippen molar-refractivity contribution in [1.29, 1.82) is 0 Å². The van der Waals surface area contributed by atoms with Crippen molar-refractivity contribution in [1.82, 2.24) is 9.78 Å². The van der Waals surface area contributed by atoms with Gasteiger partial charge in [0.15, 0.2) is 6.29 Å². The average molecular weight is 288 g/mol. The minimum absolute atomic E-state index is 0.310. The molecule has 0 aromatic carbocycles. The van der Waals surface area contributed by atoms with Crippen LogP contribution >= 0.6 is 0 Å². The second kappa shape index (κ2) is 5.58. The van der Waals surface area contributed by atoms with Gasteiger partial charge in [-0.15, -0.1) is 0 Å². The maximum Gasteiger partial charge on any atom is 0.170 e. The number of carbonyl (C=O) groups is 1. The minimum atomic E-state index is 0.310. The molecule has 3 nitrogen and oxygen atoms in total. The fraction of sp³-hybridized carbons (Fsp3) is 0.778. The van der Waals surface area contributed by atoms with Crippen LogP contribution in [0.1, 0.15) is 87.1 Å². The van der Waals surface area contributed by atoms with Crippen LogP contribution in [0.3, 0.4) is 0 Å². The van der Waals surface area contributed by atoms with Crippen LogP contribution in [-0.2, 0) is 12.8 Å². The Morgan fingerprint density at radius 3 is 2.48 bits per heavy atom. The van der Waals surface area contributed by atoms with Gasteiger partial charge in [0.2, 0.25) is 0 Å². The topological polar surface area (TPSA) is 34.9 Å². The molecule has 2 aliphatic rings. The Morgan fingerprint density at radius 1 is 1.14 bits per heavy atom. The molecule has 0 spiro atoms. The van der Waals surface area contributed by atoms with Gasteiger partial charge in [-0.2, -0.15) is 5.10 Å². The van der Waals surface area contributed by atoms with Crippen LogP contribution in [0.15, 0.2) is 0 Å². The van der Waals surface area contributed by atoms with Crippen molar-refractivity contribution in [2.24, 2.45) is 11.3 Å². The summed E-state index contributed by atoms with van der Waals surface area (Å²) in [6.45, 7) is 6.94. The van der Waals surface area contributed by atoms with E-state index in [2.05, 4.69) is 25.5 Å². The van der Waals surface area contributed by atoms with Crippen molar-refractivity contribution in [3.63, 3.8) is 0 Å². The van der Waals surface area contributed by atoms with Crippen LogP contribution in [0.25, 0.3) is 0 Å². The van der Waals surface area contributed by atoms with Gasteiger partial charge in [0.05, 0.1) is 6.04 Å². The summed E-state index contributed by atoms with van der Waals surface area (Å²) in [6, 6.07) is 0.535. The van der Waals surface area contributed by atoms with Gasteiger partial charge in [-0.3, -0.25) is 9.48 Å². The second-order valence-electron chi connectivity index (χ2n) is 7.97. The van der Waals surface area contributed by atoms with Gasteiger partial charge in [-0.25, -0.2) is 0 Å².